The number of nitro benzene ring substituents is 1. The molecule has 186 valence electrons. The van der Waals surface area contributed by atoms with Crippen LogP contribution in [0.1, 0.15) is 49.8 Å². The molecule has 4 rings (SSSR count). The Morgan fingerprint density at radius 2 is 1.94 bits per heavy atom. The molecule has 10 nitrogen and oxygen atoms in total. The van der Waals surface area contributed by atoms with Crippen molar-refractivity contribution in [1.82, 2.24) is 9.99 Å². The second-order valence-corrected chi connectivity index (χ2v) is 8.57. The summed E-state index contributed by atoms with van der Waals surface area (Å²) in [5.74, 6) is -0.661. The number of amides is 1. The second-order valence-electron chi connectivity index (χ2n) is 8.21. The van der Waals surface area contributed by atoms with Crippen LogP contribution in [-0.2, 0) is 9.59 Å². The van der Waals surface area contributed by atoms with Gasteiger partial charge >= 0.3 is 5.97 Å². The van der Waals surface area contributed by atoms with Gasteiger partial charge in [-0.05, 0) is 49.2 Å². The molecule has 1 aliphatic rings. The fourth-order valence-electron chi connectivity index (χ4n) is 4.07. The van der Waals surface area contributed by atoms with Crippen molar-refractivity contribution in [2.24, 2.45) is 5.10 Å². The third kappa shape index (κ3) is 5.44. The summed E-state index contributed by atoms with van der Waals surface area (Å²) in [4.78, 5) is 39.0. The number of halogens is 1. The summed E-state index contributed by atoms with van der Waals surface area (Å²) in [6, 6.07) is 12.7. The predicted molar refractivity (Wildman–Crippen MR) is 133 cm³/mol. The number of ether oxygens (including phenoxy) is 1. The Kier molecular flexibility index (Phi) is 7.44. The van der Waals surface area contributed by atoms with Gasteiger partial charge in [0.25, 0.3) is 5.69 Å². The van der Waals surface area contributed by atoms with E-state index in [0.29, 0.717) is 41.1 Å². The number of rotatable bonds is 9. The summed E-state index contributed by atoms with van der Waals surface area (Å²) in [7, 11) is 0. The van der Waals surface area contributed by atoms with Crippen molar-refractivity contribution in [3.63, 3.8) is 0 Å². The van der Waals surface area contributed by atoms with E-state index in [-0.39, 0.29) is 36.0 Å². The maximum atomic E-state index is 13.1. The van der Waals surface area contributed by atoms with Crippen LogP contribution >= 0.6 is 11.6 Å². The third-order valence-corrected chi connectivity index (χ3v) is 6.10. The fraction of sp³-hybridized carbons (Fsp3) is 0.280. The summed E-state index contributed by atoms with van der Waals surface area (Å²) >= 11 is 6.58. The number of carboxylic acids is 1. The number of carbonyl (C=O) groups is 2. The molecule has 0 saturated heterocycles. The zero-order chi connectivity index (χ0) is 25.8. The maximum absolute atomic E-state index is 13.1. The molecule has 0 bridgehead atoms. The molecule has 1 amide bonds. The number of nitrogens with zero attached hydrogens (tertiary/aromatic N) is 4. The van der Waals surface area contributed by atoms with E-state index in [1.54, 1.807) is 18.2 Å². The highest BCUT2D eigenvalue weighted by atomic mass is 35.5. The minimum Gasteiger partial charge on any atom is -0.494 e. The van der Waals surface area contributed by atoms with Gasteiger partial charge in [-0.1, -0.05) is 11.6 Å². The van der Waals surface area contributed by atoms with Crippen LogP contribution < -0.4 is 4.74 Å². The number of aliphatic carboxylic acids is 1. The van der Waals surface area contributed by atoms with Crippen molar-refractivity contribution in [3.05, 3.63) is 74.9 Å². The minimum atomic E-state index is -0.982. The van der Waals surface area contributed by atoms with Crippen molar-refractivity contribution in [2.45, 2.75) is 38.6 Å². The van der Waals surface area contributed by atoms with Crippen LogP contribution in [0, 0.1) is 10.1 Å². The second kappa shape index (κ2) is 10.7. The summed E-state index contributed by atoms with van der Waals surface area (Å²) in [5, 5.41) is 26.8. The number of carboxylic acid groups (broad SMARTS) is 1. The van der Waals surface area contributed by atoms with Crippen LogP contribution in [-0.4, -0.2) is 44.2 Å². The molecule has 0 aliphatic carbocycles. The van der Waals surface area contributed by atoms with Crippen LogP contribution in [0.4, 0.5) is 5.69 Å². The smallest absolute Gasteiger partial charge is 0.303 e. The van der Waals surface area contributed by atoms with Crippen molar-refractivity contribution in [2.75, 3.05) is 6.61 Å². The zero-order valence-electron chi connectivity index (χ0n) is 19.4. The van der Waals surface area contributed by atoms with E-state index in [0.717, 1.165) is 5.39 Å². The first-order valence-corrected chi connectivity index (χ1v) is 11.7. The lowest BCUT2D eigenvalue weighted by Crippen LogP contribution is -2.27. The summed E-state index contributed by atoms with van der Waals surface area (Å²) in [6.07, 6.45) is 0.343. The van der Waals surface area contributed by atoms with Gasteiger partial charge in [0.15, 0.2) is 0 Å². The summed E-state index contributed by atoms with van der Waals surface area (Å²) in [5.41, 5.74) is 2.38. The first kappa shape index (κ1) is 25.1. The van der Waals surface area contributed by atoms with E-state index >= 15 is 0 Å². The van der Waals surface area contributed by atoms with E-state index < -0.39 is 16.9 Å². The highest BCUT2D eigenvalue weighted by Gasteiger charge is 2.35. The molecular weight excluding hydrogens is 488 g/mol. The summed E-state index contributed by atoms with van der Waals surface area (Å²) in [6.45, 7) is 2.40. The lowest BCUT2D eigenvalue weighted by Gasteiger charge is -2.23. The average Bonchev–Trinajstić information content (AvgIpc) is 3.29. The maximum Gasteiger partial charge on any atom is 0.303 e. The van der Waals surface area contributed by atoms with Crippen molar-refractivity contribution in [3.8, 4) is 5.75 Å². The molecule has 0 spiro atoms. The quantitative estimate of drug-likeness (QED) is 0.239. The lowest BCUT2D eigenvalue weighted by atomic mass is 9.98. The highest BCUT2D eigenvalue weighted by molar-refractivity contribution is 6.30. The van der Waals surface area contributed by atoms with Crippen molar-refractivity contribution < 1.29 is 24.4 Å². The zero-order valence-corrected chi connectivity index (χ0v) is 20.1. The van der Waals surface area contributed by atoms with Crippen molar-refractivity contribution in [1.29, 1.82) is 0 Å². The minimum absolute atomic E-state index is 0.00378. The number of hydrogen-bond acceptors (Lipinski definition) is 7. The van der Waals surface area contributed by atoms with Gasteiger partial charge in [-0.25, -0.2) is 9.99 Å². The van der Waals surface area contributed by atoms with Crippen LogP contribution in [0.3, 0.4) is 0 Å². The Bertz CT molecular complexity index is 1360. The van der Waals surface area contributed by atoms with Crippen LogP contribution in [0.5, 0.6) is 5.75 Å². The van der Waals surface area contributed by atoms with Gasteiger partial charge in [0.05, 0.1) is 28.8 Å². The molecule has 11 heteroatoms. The lowest BCUT2D eigenvalue weighted by molar-refractivity contribution is -0.384. The Balaban J connectivity index is 1.68. The normalized spacial score (nSPS) is 15.1. The molecule has 1 aromatic heterocycles. The van der Waals surface area contributed by atoms with Crippen molar-refractivity contribution >= 4 is 45.8 Å². The molecule has 0 radical (unpaired) electrons. The Morgan fingerprint density at radius 3 is 2.61 bits per heavy atom. The van der Waals surface area contributed by atoms with E-state index in [2.05, 4.69) is 10.1 Å². The van der Waals surface area contributed by atoms with Crippen LogP contribution in [0.15, 0.2) is 53.6 Å². The Hall–Kier alpha value is -4.05. The number of pyridine rings is 1. The molecule has 0 saturated carbocycles. The Labute approximate surface area is 211 Å². The number of benzene rings is 2. The molecule has 1 aliphatic heterocycles. The number of hydrogen-bond donors (Lipinski definition) is 1. The Morgan fingerprint density at radius 1 is 1.19 bits per heavy atom. The largest absolute Gasteiger partial charge is 0.494 e. The highest BCUT2D eigenvalue weighted by Crippen LogP contribution is 2.38. The number of aromatic nitrogens is 1. The first-order chi connectivity index (χ1) is 17.3. The number of non-ortho nitro benzene ring substituents is 1. The monoisotopic (exact) mass is 510 g/mol. The number of fused-ring (bicyclic) bond motifs is 1. The molecule has 3 aromatic rings. The average molecular weight is 511 g/mol. The van der Waals surface area contributed by atoms with Gasteiger partial charge in [-0.3, -0.25) is 19.7 Å². The molecule has 1 atom stereocenters. The third-order valence-electron chi connectivity index (χ3n) is 5.80. The molecule has 2 aromatic carbocycles. The molecule has 1 N–H and O–H groups in total. The standard InChI is InChI=1S/C25H23ClN4O6/c1-2-36-18-11-8-16-12-19(25(26)27-20(16)13-18)22-14-21(15-6-9-17(10-7-15)30(34)35)28-29(22)23(31)4-3-5-24(32)33/h6-13,22H,2-5,14H2,1H3,(H,32,33). The number of nitro groups is 1. The molecule has 1 unspecified atom stereocenters. The van der Waals surface area contributed by atoms with Gasteiger partial charge in [0.1, 0.15) is 10.9 Å². The van der Waals surface area contributed by atoms with Crippen LogP contribution in [0.2, 0.25) is 5.15 Å². The van der Waals surface area contributed by atoms with Gasteiger partial charge in [0, 0.05) is 48.4 Å². The molecular formula is C25H23ClN4O6. The predicted octanol–water partition coefficient (Wildman–Crippen LogP) is 5.13. The SMILES string of the molecule is CCOc1ccc2cc(C3CC(c4ccc([N+](=O)[O-])cc4)=NN3C(=O)CCCC(=O)O)c(Cl)nc2c1. The molecule has 0 fully saturated rings. The molecule has 36 heavy (non-hydrogen) atoms. The number of carbonyl (C=O) groups excluding carboxylic acids is 1. The topological polar surface area (TPSA) is 135 Å². The van der Waals surface area contributed by atoms with Gasteiger partial charge < -0.3 is 9.84 Å². The first-order valence-electron chi connectivity index (χ1n) is 11.4. The van der Waals surface area contributed by atoms with E-state index in [4.69, 9.17) is 21.4 Å². The summed E-state index contributed by atoms with van der Waals surface area (Å²) < 4.78 is 5.53. The van der Waals surface area contributed by atoms with E-state index in [1.807, 2.05) is 25.1 Å². The van der Waals surface area contributed by atoms with Gasteiger partial charge in [-0.15, -0.1) is 0 Å². The number of hydrazone groups is 1. The van der Waals surface area contributed by atoms with E-state index in [9.17, 15) is 19.7 Å². The molecule has 2 heterocycles. The van der Waals surface area contributed by atoms with Gasteiger partial charge in [0.2, 0.25) is 5.91 Å². The fourth-order valence-corrected chi connectivity index (χ4v) is 4.34. The van der Waals surface area contributed by atoms with Gasteiger partial charge in [-0.2, -0.15) is 5.10 Å². The van der Waals surface area contributed by atoms with E-state index in [1.165, 1.54) is 17.1 Å². The van der Waals surface area contributed by atoms with Crippen LogP contribution in [0.25, 0.3) is 10.9 Å².